The summed E-state index contributed by atoms with van der Waals surface area (Å²) in [6.45, 7) is 0. The van der Waals surface area contributed by atoms with Gasteiger partial charge in [-0.25, -0.2) is 0 Å². The van der Waals surface area contributed by atoms with E-state index in [4.69, 9.17) is 0 Å². The van der Waals surface area contributed by atoms with E-state index in [1.54, 1.807) is 0 Å². The second kappa shape index (κ2) is 16.2. The third kappa shape index (κ3) is 6.97. The van der Waals surface area contributed by atoms with Crippen molar-refractivity contribution in [1.29, 1.82) is 0 Å². The molecule has 1 aromatic heterocycles. The van der Waals surface area contributed by atoms with Gasteiger partial charge >= 0.3 is 0 Å². The Morgan fingerprint density at radius 1 is 0.231 bits per heavy atom. The van der Waals surface area contributed by atoms with Crippen molar-refractivity contribution >= 4 is 77.5 Å². The molecule has 0 saturated carbocycles. The van der Waals surface area contributed by atoms with Gasteiger partial charge in [0.25, 0.3) is 0 Å². The van der Waals surface area contributed by atoms with Crippen molar-refractivity contribution < 1.29 is 0 Å². The average molecular weight is 830 g/mol. The van der Waals surface area contributed by atoms with Crippen LogP contribution < -0.4 is 9.80 Å². The lowest BCUT2D eigenvalue weighted by Gasteiger charge is -2.28. The summed E-state index contributed by atoms with van der Waals surface area (Å²) >= 11 is 0. The van der Waals surface area contributed by atoms with Crippen LogP contribution in [-0.4, -0.2) is 4.57 Å². The van der Waals surface area contributed by atoms with Crippen molar-refractivity contribution in [3.63, 3.8) is 0 Å². The predicted octanol–water partition coefficient (Wildman–Crippen LogP) is 17.4. The monoisotopic (exact) mass is 829 g/mol. The second-order valence-electron chi connectivity index (χ2n) is 16.6. The number of hydrogen-bond acceptors (Lipinski definition) is 2. The van der Waals surface area contributed by atoms with Crippen molar-refractivity contribution in [1.82, 2.24) is 4.57 Å². The van der Waals surface area contributed by atoms with E-state index in [1.165, 1.54) is 71.3 Å². The van der Waals surface area contributed by atoms with Gasteiger partial charge in [-0.2, -0.15) is 0 Å². The van der Waals surface area contributed by atoms with Crippen LogP contribution in [-0.2, 0) is 0 Å². The first-order valence-electron chi connectivity index (χ1n) is 22.3. The highest BCUT2D eigenvalue weighted by Crippen LogP contribution is 2.42. The number of para-hydroxylation sites is 4. The van der Waals surface area contributed by atoms with E-state index >= 15 is 0 Å². The topological polar surface area (TPSA) is 11.4 Å². The van der Waals surface area contributed by atoms with Crippen LogP contribution in [0.15, 0.2) is 261 Å². The Morgan fingerprint density at radius 3 is 1.22 bits per heavy atom. The van der Waals surface area contributed by atoms with Gasteiger partial charge in [0.05, 0.1) is 11.0 Å². The van der Waals surface area contributed by atoms with Crippen LogP contribution in [0.25, 0.3) is 71.3 Å². The van der Waals surface area contributed by atoms with Gasteiger partial charge in [-0.15, -0.1) is 0 Å². The van der Waals surface area contributed by atoms with E-state index in [0.717, 1.165) is 34.1 Å². The second-order valence-corrected chi connectivity index (χ2v) is 16.6. The van der Waals surface area contributed by atoms with E-state index in [0.29, 0.717) is 0 Å². The number of nitrogens with zero attached hydrogens (tertiary/aromatic N) is 3. The van der Waals surface area contributed by atoms with Crippen molar-refractivity contribution in [2.75, 3.05) is 9.80 Å². The standard InChI is InChI=1S/C62H43N3/c1-5-15-44(16-6-1)45-27-32-53(33-28-45)64(56-38-36-55(37-39-56)63(50-17-7-2-8-18-50)51-19-9-3-10-20-51)54-34-29-46(30-35-54)47-31-40-57-48(41-47)25-26-49-42-60-58-23-13-14-24-61(58)65(62(60)43-59(49)57)52-21-11-4-12-22-52/h1-43H. The Morgan fingerprint density at radius 2 is 0.646 bits per heavy atom. The van der Waals surface area contributed by atoms with E-state index in [-0.39, 0.29) is 0 Å². The number of hydrogen-bond donors (Lipinski definition) is 0. The van der Waals surface area contributed by atoms with Crippen molar-refractivity contribution in [2.24, 2.45) is 0 Å². The van der Waals surface area contributed by atoms with Crippen LogP contribution >= 0.6 is 0 Å². The number of aromatic nitrogens is 1. The molecule has 0 aliphatic heterocycles. The van der Waals surface area contributed by atoms with Gasteiger partial charge in [0.2, 0.25) is 0 Å². The Hall–Kier alpha value is -8.66. The van der Waals surface area contributed by atoms with Crippen LogP contribution in [0.3, 0.4) is 0 Å². The number of rotatable bonds is 9. The fourth-order valence-electron chi connectivity index (χ4n) is 9.60. The van der Waals surface area contributed by atoms with E-state index in [1.807, 2.05) is 0 Å². The molecular weight excluding hydrogens is 787 g/mol. The molecule has 3 nitrogen and oxygen atoms in total. The largest absolute Gasteiger partial charge is 0.311 e. The fraction of sp³-hybridized carbons (Fsp3) is 0. The lowest BCUT2D eigenvalue weighted by molar-refractivity contribution is 1.18. The molecule has 1 heterocycles. The summed E-state index contributed by atoms with van der Waals surface area (Å²) in [6.07, 6.45) is 0. The van der Waals surface area contributed by atoms with Crippen molar-refractivity contribution in [3.8, 4) is 27.9 Å². The van der Waals surface area contributed by atoms with Gasteiger partial charge in [0.15, 0.2) is 0 Å². The third-order valence-electron chi connectivity index (χ3n) is 12.7. The third-order valence-corrected chi connectivity index (χ3v) is 12.7. The highest BCUT2D eigenvalue weighted by Gasteiger charge is 2.18. The van der Waals surface area contributed by atoms with Gasteiger partial charge in [0.1, 0.15) is 0 Å². The summed E-state index contributed by atoms with van der Waals surface area (Å²) in [4.78, 5) is 4.65. The zero-order valence-electron chi connectivity index (χ0n) is 35.7. The molecule has 11 aromatic carbocycles. The smallest absolute Gasteiger partial charge is 0.0547 e. The molecule has 0 aliphatic rings. The maximum atomic E-state index is 2.40. The molecule has 0 N–H and O–H groups in total. The maximum Gasteiger partial charge on any atom is 0.0547 e. The first-order chi connectivity index (χ1) is 32.2. The Kier molecular flexibility index (Phi) is 9.50. The molecule has 0 bridgehead atoms. The van der Waals surface area contributed by atoms with Gasteiger partial charge in [-0.05, 0) is 153 Å². The van der Waals surface area contributed by atoms with Gasteiger partial charge in [-0.3, -0.25) is 0 Å². The molecule has 0 amide bonds. The van der Waals surface area contributed by atoms with Crippen LogP contribution in [0.5, 0.6) is 0 Å². The predicted molar refractivity (Wildman–Crippen MR) is 276 cm³/mol. The molecule has 65 heavy (non-hydrogen) atoms. The van der Waals surface area contributed by atoms with Crippen LogP contribution in [0.1, 0.15) is 0 Å². The van der Waals surface area contributed by atoms with Crippen molar-refractivity contribution in [2.45, 2.75) is 0 Å². The first kappa shape index (κ1) is 38.0. The molecule has 0 radical (unpaired) electrons. The molecule has 0 fully saturated rings. The Balaban J connectivity index is 0.916. The lowest BCUT2D eigenvalue weighted by atomic mass is 9.96. The summed E-state index contributed by atoms with van der Waals surface area (Å²) < 4.78 is 2.40. The minimum atomic E-state index is 1.08. The van der Waals surface area contributed by atoms with E-state index < -0.39 is 0 Å². The summed E-state index contributed by atoms with van der Waals surface area (Å²) in [5.41, 5.74) is 14.9. The maximum absolute atomic E-state index is 2.40. The van der Waals surface area contributed by atoms with Crippen molar-refractivity contribution in [3.05, 3.63) is 261 Å². The highest BCUT2D eigenvalue weighted by molar-refractivity contribution is 6.18. The fourth-order valence-corrected chi connectivity index (χ4v) is 9.60. The van der Waals surface area contributed by atoms with Crippen LogP contribution in [0.4, 0.5) is 34.1 Å². The Labute approximate surface area is 378 Å². The molecule has 0 spiro atoms. The van der Waals surface area contributed by atoms with E-state index in [2.05, 4.69) is 275 Å². The lowest BCUT2D eigenvalue weighted by Crippen LogP contribution is -2.12. The minimum absolute atomic E-state index is 1.08. The summed E-state index contributed by atoms with van der Waals surface area (Å²) in [5.74, 6) is 0. The van der Waals surface area contributed by atoms with E-state index in [9.17, 15) is 0 Å². The van der Waals surface area contributed by atoms with Crippen LogP contribution in [0.2, 0.25) is 0 Å². The highest BCUT2D eigenvalue weighted by atomic mass is 15.2. The quantitative estimate of drug-likeness (QED) is 0.134. The van der Waals surface area contributed by atoms with Gasteiger partial charge < -0.3 is 14.4 Å². The first-order valence-corrected chi connectivity index (χ1v) is 22.3. The molecule has 12 aromatic rings. The molecule has 306 valence electrons. The molecule has 0 unspecified atom stereocenters. The molecule has 0 atom stereocenters. The summed E-state index contributed by atoms with van der Waals surface area (Å²) in [7, 11) is 0. The molecule has 0 aliphatic carbocycles. The number of benzene rings is 11. The zero-order chi connectivity index (χ0) is 43.1. The normalized spacial score (nSPS) is 11.4. The van der Waals surface area contributed by atoms with Gasteiger partial charge in [0, 0.05) is 50.6 Å². The minimum Gasteiger partial charge on any atom is -0.311 e. The molecule has 3 heteroatoms. The average Bonchev–Trinajstić information content (AvgIpc) is 3.71. The number of anilines is 6. The number of fused-ring (bicyclic) bond motifs is 6. The Bertz CT molecular complexity index is 3560. The van der Waals surface area contributed by atoms with Gasteiger partial charge in [-0.1, -0.05) is 152 Å². The zero-order valence-corrected chi connectivity index (χ0v) is 35.7. The molecular formula is C62H43N3. The molecule has 12 rings (SSSR count). The van der Waals surface area contributed by atoms with Crippen LogP contribution in [0, 0.1) is 0 Å². The summed E-state index contributed by atoms with van der Waals surface area (Å²) in [6, 6.07) is 94.2. The SMILES string of the molecule is c1ccc(-c2ccc(N(c3ccc(-c4ccc5c(ccc6cc7c8ccccc8n(-c8ccccc8)c7cc65)c4)cc3)c3ccc(N(c4ccccc4)c4ccccc4)cc3)cc2)cc1. The summed E-state index contributed by atoms with van der Waals surface area (Å²) in [5, 5.41) is 7.52. The molecule has 0 saturated heterocycles.